The van der Waals surface area contributed by atoms with E-state index in [4.69, 9.17) is 5.73 Å². The van der Waals surface area contributed by atoms with Crippen LogP contribution in [0.15, 0.2) is 23.1 Å². The van der Waals surface area contributed by atoms with Gasteiger partial charge in [-0.25, -0.2) is 0 Å². The second-order valence-corrected chi connectivity index (χ2v) is 9.04. The molecule has 0 radical (unpaired) electrons. The summed E-state index contributed by atoms with van der Waals surface area (Å²) in [4.78, 5) is -0.176. The van der Waals surface area contributed by atoms with Crippen molar-refractivity contribution in [2.45, 2.75) is 108 Å². The van der Waals surface area contributed by atoms with E-state index in [9.17, 15) is 13.0 Å². The van der Waals surface area contributed by atoms with Gasteiger partial charge < -0.3 is 5.73 Å². The Bertz CT molecular complexity index is 614. The van der Waals surface area contributed by atoms with Gasteiger partial charge in [0.15, 0.2) is 0 Å². The Morgan fingerprint density at radius 1 is 0.778 bits per heavy atom. The molecule has 0 heterocycles. The van der Waals surface area contributed by atoms with E-state index in [1.54, 1.807) is 6.07 Å². The summed E-state index contributed by atoms with van der Waals surface area (Å²) in [6.07, 6.45) is 19.1. The molecule has 0 unspecified atom stereocenters. The first-order chi connectivity index (χ1) is 13.0. The zero-order chi connectivity index (χ0) is 20.0. The first-order valence-electron chi connectivity index (χ1n) is 10.8. The van der Waals surface area contributed by atoms with E-state index in [1.807, 2.05) is 6.07 Å². The molecule has 156 valence electrons. The van der Waals surface area contributed by atoms with Gasteiger partial charge in [-0.1, -0.05) is 103 Å². The smallest absolute Gasteiger partial charge is 0.296 e. The van der Waals surface area contributed by atoms with Gasteiger partial charge in [-0.15, -0.1) is 0 Å². The molecule has 4 nitrogen and oxygen atoms in total. The SMILES string of the molecule is CCCCCCCCCCCCCCCCc1cccc(S(=O)(=O)O)c1N. The first kappa shape index (κ1) is 24.0. The number of rotatable bonds is 16. The molecule has 0 fully saturated rings. The number of anilines is 1. The molecule has 0 amide bonds. The van der Waals surface area contributed by atoms with Crippen LogP contribution in [0.5, 0.6) is 0 Å². The molecule has 0 aliphatic rings. The Morgan fingerprint density at radius 3 is 1.67 bits per heavy atom. The molecule has 0 saturated carbocycles. The number of unbranched alkanes of at least 4 members (excludes halogenated alkanes) is 13. The van der Waals surface area contributed by atoms with Crippen LogP contribution in [-0.4, -0.2) is 13.0 Å². The van der Waals surface area contributed by atoms with Gasteiger partial charge in [0.2, 0.25) is 0 Å². The van der Waals surface area contributed by atoms with E-state index < -0.39 is 10.1 Å². The maximum absolute atomic E-state index is 11.3. The number of para-hydroxylation sites is 1. The van der Waals surface area contributed by atoms with Gasteiger partial charge in [-0.05, 0) is 24.5 Å². The lowest BCUT2D eigenvalue weighted by Gasteiger charge is -2.09. The third-order valence-electron chi connectivity index (χ3n) is 5.23. The van der Waals surface area contributed by atoms with Crippen LogP contribution in [-0.2, 0) is 16.5 Å². The molecule has 0 aliphatic carbocycles. The first-order valence-corrected chi connectivity index (χ1v) is 12.3. The predicted octanol–water partition coefficient (Wildman–Crippen LogP) is 6.54. The van der Waals surface area contributed by atoms with Crippen LogP contribution < -0.4 is 5.73 Å². The molecule has 0 aliphatic heterocycles. The van der Waals surface area contributed by atoms with Crippen LogP contribution in [0.25, 0.3) is 0 Å². The average molecular weight is 398 g/mol. The zero-order valence-corrected chi connectivity index (χ0v) is 17.9. The van der Waals surface area contributed by atoms with Crippen molar-refractivity contribution in [1.82, 2.24) is 0 Å². The summed E-state index contributed by atoms with van der Waals surface area (Å²) in [5, 5.41) is 0. The van der Waals surface area contributed by atoms with Crippen LogP contribution in [0, 0.1) is 0 Å². The molecular formula is C22H39NO3S. The standard InChI is InChI=1S/C22H39NO3S/c1-2-3-4-5-6-7-8-9-10-11-12-13-14-15-17-20-18-16-19-21(22(20)23)27(24,25)26/h16,18-19H,2-15,17,23H2,1H3,(H,24,25,26). The highest BCUT2D eigenvalue weighted by Gasteiger charge is 2.15. The van der Waals surface area contributed by atoms with Gasteiger partial charge >= 0.3 is 0 Å². The van der Waals surface area contributed by atoms with Crippen molar-refractivity contribution in [3.8, 4) is 0 Å². The fraction of sp³-hybridized carbons (Fsp3) is 0.727. The molecule has 0 spiro atoms. The molecule has 0 bridgehead atoms. The summed E-state index contributed by atoms with van der Waals surface area (Å²) < 4.78 is 31.7. The van der Waals surface area contributed by atoms with Crippen molar-refractivity contribution in [3.63, 3.8) is 0 Å². The highest BCUT2D eigenvalue weighted by atomic mass is 32.2. The number of nitrogen functional groups attached to an aromatic ring is 1. The molecule has 5 heteroatoms. The van der Waals surface area contributed by atoms with Crippen LogP contribution in [0.1, 0.15) is 102 Å². The van der Waals surface area contributed by atoms with Crippen molar-refractivity contribution in [1.29, 1.82) is 0 Å². The number of aryl methyl sites for hydroxylation is 1. The molecule has 3 N–H and O–H groups in total. The Morgan fingerprint density at radius 2 is 1.22 bits per heavy atom. The van der Waals surface area contributed by atoms with Crippen LogP contribution in [0.2, 0.25) is 0 Å². The Hall–Kier alpha value is -1.07. The normalized spacial score (nSPS) is 11.8. The van der Waals surface area contributed by atoms with Gasteiger partial charge in [0, 0.05) is 0 Å². The minimum absolute atomic E-state index is 0.176. The van der Waals surface area contributed by atoms with Crippen molar-refractivity contribution < 1.29 is 13.0 Å². The molecule has 1 aromatic rings. The molecule has 27 heavy (non-hydrogen) atoms. The van der Waals surface area contributed by atoms with Crippen LogP contribution in [0.4, 0.5) is 5.69 Å². The third-order valence-corrected chi connectivity index (χ3v) is 6.15. The Labute approximate surface area is 166 Å². The van der Waals surface area contributed by atoms with Crippen molar-refractivity contribution >= 4 is 15.8 Å². The van der Waals surface area contributed by atoms with E-state index in [1.165, 1.54) is 83.1 Å². The number of hydrogen-bond acceptors (Lipinski definition) is 3. The average Bonchev–Trinajstić information content (AvgIpc) is 2.62. The second kappa shape index (κ2) is 14.0. The van der Waals surface area contributed by atoms with Crippen LogP contribution in [0.3, 0.4) is 0 Å². The van der Waals surface area contributed by atoms with Crippen molar-refractivity contribution in [2.75, 3.05) is 5.73 Å². The summed E-state index contributed by atoms with van der Waals surface area (Å²) in [7, 11) is -4.24. The summed E-state index contributed by atoms with van der Waals surface area (Å²) in [5.41, 5.74) is 6.88. The number of benzene rings is 1. The summed E-state index contributed by atoms with van der Waals surface area (Å²) >= 11 is 0. The lowest BCUT2D eigenvalue weighted by atomic mass is 10.0. The van der Waals surface area contributed by atoms with Gasteiger partial charge in [0.05, 0.1) is 5.69 Å². The quantitative estimate of drug-likeness (QED) is 0.188. The molecule has 0 aromatic heterocycles. The van der Waals surface area contributed by atoms with E-state index in [0.717, 1.165) is 24.8 Å². The maximum atomic E-state index is 11.3. The van der Waals surface area contributed by atoms with E-state index in [2.05, 4.69) is 6.92 Å². The molecular weight excluding hydrogens is 358 g/mol. The predicted molar refractivity (Wildman–Crippen MR) is 115 cm³/mol. The minimum Gasteiger partial charge on any atom is -0.397 e. The van der Waals surface area contributed by atoms with Gasteiger partial charge in [0.25, 0.3) is 10.1 Å². The van der Waals surface area contributed by atoms with Crippen molar-refractivity contribution in [3.05, 3.63) is 23.8 Å². The fourth-order valence-corrected chi connectivity index (χ4v) is 4.20. The lowest BCUT2D eigenvalue weighted by Crippen LogP contribution is -2.05. The fourth-order valence-electron chi connectivity index (χ4n) is 3.54. The second-order valence-electron chi connectivity index (χ2n) is 7.65. The number of hydrogen-bond donors (Lipinski definition) is 2. The Balaban J connectivity index is 2.02. The van der Waals surface area contributed by atoms with Crippen LogP contribution >= 0.6 is 0 Å². The van der Waals surface area contributed by atoms with E-state index in [-0.39, 0.29) is 10.6 Å². The summed E-state index contributed by atoms with van der Waals surface area (Å²) in [6, 6.07) is 4.82. The van der Waals surface area contributed by atoms with Gasteiger partial charge in [0.1, 0.15) is 4.90 Å². The van der Waals surface area contributed by atoms with E-state index in [0.29, 0.717) is 0 Å². The highest BCUT2D eigenvalue weighted by Crippen LogP contribution is 2.24. The Kier molecular flexibility index (Phi) is 12.4. The summed E-state index contributed by atoms with van der Waals surface area (Å²) in [5.74, 6) is 0. The molecule has 0 atom stereocenters. The largest absolute Gasteiger partial charge is 0.397 e. The highest BCUT2D eigenvalue weighted by molar-refractivity contribution is 7.86. The van der Waals surface area contributed by atoms with Crippen molar-refractivity contribution in [2.24, 2.45) is 0 Å². The molecule has 1 rings (SSSR count). The maximum Gasteiger partial charge on any atom is 0.296 e. The van der Waals surface area contributed by atoms with E-state index >= 15 is 0 Å². The summed E-state index contributed by atoms with van der Waals surface area (Å²) in [6.45, 7) is 2.26. The lowest BCUT2D eigenvalue weighted by molar-refractivity contribution is 0.483. The molecule has 1 aromatic carbocycles. The van der Waals surface area contributed by atoms with Gasteiger partial charge in [-0.2, -0.15) is 8.42 Å². The topological polar surface area (TPSA) is 80.4 Å². The molecule has 0 saturated heterocycles. The zero-order valence-electron chi connectivity index (χ0n) is 17.1. The third kappa shape index (κ3) is 10.7. The number of nitrogens with two attached hydrogens (primary N) is 1. The van der Waals surface area contributed by atoms with Gasteiger partial charge in [-0.3, -0.25) is 4.55 Å². The monoisotopic (exact) mass is 397 g/mol. The minimum atomic E-state index is -4.24.